The van der Waals surface area contributed by atoms with Crippen LogP contribution >= 0.6 is 11.6 Å². The summed E-state index contributed by atoms with van der Waals surface area (Å²) >= 11 is 6.18. The molecule has 15 heteroatoms. The van der Waals surface area contributed by atoms with E-state index in [1.54, 1.807) is 16.9 Å². The van der Waals surface area contributed by atoms with E-state index >= 15 is 0 Å². The molecule has 39 heavy (non-hydrogen) atoms. The third-order valence-corrected chi connectivity index (χ3v) is 6.86. The zero-order valence-corrected chi connectivity index (χ0v) is 21.8. The lowest BCUT2D eigenvalue weighted by atomic mass is 9.83. The van der Waals surface area contributed by atoms with Gasteiger partial charge in [-0.3, -0.25) is 14.8 Å². The van der Waals surface area contributed by atoms with Crippen LogP contribution in [0.2, 0.25) is 5.02 Å². The second kappa shape index (κ2) is 12.0. The molecule has 4 N–H and O–H groups in total. The number of hydrogen-bond donors (Lipinski definition) is 3. The van der Waals surface area contributed by atoms with Crippen molar-refractivity contribution in [2.45, 2.75) is 57.6 Å². The smallest absolute Gasteiger partial charge is 0.405 e. The van der Waals surface area contributed by atoms with Crippen molar-refractivity contribution < 1.29 is 22.8 Å². The first-order chi connectivity index (χ1) is 18.5. The molecule has 0 bridgehead atoms. The van der Waals surface area contributed by atoms with Gasteiger partial charge in [-0.2, -0.15) is 10.1 Å². The number of benzene rings is 1. The first kappa shape index (κ1) is 28.4. The Morgan fingerprint density at radius 1 is 1.18 bits per heavy atom. The molecular weight excluding hydrogens is 541 g/mol. The number of halogens is 4. The number of nitro groups is 1. The van der Waals surface area contributed by atoms with Gasteiger partial charge in [0.1, 0.15) is 11.4 Å². The van der Waals surface area contributed by atoms with Crippen LogP contribution in [0.15, 0.2) is 30.5 Å². The average Bonchev–Trinajstić information content (AvgIpc) is 3.18. The van der Waals surface area contributed by atoms with Crippen LogP contribution in [0.25, 0.3) is 0 Å². The van der Waals surface area contributed by atoms with Gasteiger partial charge in [-0.15, -0.1) is 13.2 Å². The second-order valence-corrected chi connectivity index (χ2v) is 9.80. The summed E-state index contributed by atoms with van der Waals surface area (Å²) < 4.78 is 43.9. The fourth-order valence-corrected chi connectivity index (χ4v) is 4.95. The molecule has 1 aromatic carbocycles. The van der Waals surface area contributed by atoms with Gasteiger partial charge >= 0.3 is 12.0 Å². The van der Waals surface area contributed by atoms with Crippen LogP contribution in [0.1, 0.15) is 42.6 Å². The van der Waals surface area contributed by atoms with E-state index in [1.165, 1.54) is 18.2 Å². The van der Waals surface area contributed by atoms with Gasteiger partial charge in [-0.25, -0.2) is 4.98 Å². The maximum absolute atomic E-state index is 12.7. The zero-order valence-electron chi connectivity index (χ0n) is 21.0. The first-order valence-corrected chi connectivity index (χ1v) is 12.7. The van der Waals surface area contributed by atoms with Crippen LogP contribution in [0.4, 0.5) is 30.6 Å². The third kappa shape index (κ3) is 7.69. The van der Waals surface area contributed by atoms with E-state index in [0.717, 1.165) is 31.4 Å². The molecule has 2 heterocycles. The highest BCUT2D eigenvalue weighted by molar-refractivity contribution is 6.31. The Kier molecular flexibility index (Phi) is 8.75. The molecule has 4 rings (SSSR count). The molecule has 0 spiro atoms. The van der Waals surface area contributed by atoms with Crippen LogP contribution in [-0.4, -0.2) is 37.1 Å². The largest absolute Gasteiger partial charge is 0.573 e. The third-order valence-electron chi connectivity index (χ3n) is 6.54. The van der Waals surface area contributed by atoms with E-state index in [1.807, 2.05) is 7.05 Å². The SMILES string of the molecule is Cn1cc(Cl)c(CNC2CCC(Cc3nc(NCc4ccccc4OC(F)(F)F)nc(N)c3[N+](=O)[O-])CC2)n1. The van der Waals surface area contributed by atoms with E-state index in [-0.39, 0.29) is 53.0 Å². The van der Waals surface area contributed by atoms with Crippen molar-refractivity contribution in [3.05, 3.63) is 62.6 Å². The molecule has 3 aromatic rings. The van der Waals surface area contributed by atoms with Gasteiger partial charge < -0.3 is 21.1 Å². The Morgan fingerprint density at radius 2 is 1.90 bits per heavy atom. The molecule has 1 aliphatic carbocycles. The van der Waals surface area contributed by atoms with Crippen LogP contribution in [0, 0.1) is 16.0 Å². The highest BCUT2D eigenvalue weighted by Gasteiger charge is 2.32. The molecule has 0 saturated heterocycles. The molecule has 1 saturated carbocycles. The summed E-state index contributed by atoms with van der Waals surface area (Å²) in [6.07, 6.45) is 0.587. The van der Waals surface area contributed by atoms with Crippen LogP contribution in [0.5, 0.6) is 5.75 Å². The summed E-state index contributed by atoms with van der Waals surface area (Å²) in [6, 6.07) is 5.89. The van der Waals surface area contributed by atoms with Gasteiger partial charge in [0.25, 0.3) is 0 Å². The van der Waals surface area contributed by atoms with Crippen LogP contribution in [-0.2, 0) is 26.6 Å². The summed E-state index contributed by atoms with van der Waals surface area (Å²) in [5, 5.41) is 23.0. The highest BCUT2D eigenvalue weighted by atomic mass is 35.5. The molecule has 0 aliphatic heterocycles. The molecule has 0 amide bonds. The average molecular weight is 569 g/mol. The minimum atomic E-state index is -4.85. The van der Waals surface area contributed by atoms with Crippen molar-refractivity contribution >= 4 is 29.1 Å². The fraction of sp³-hybridized carbons (Fsp3) is 0.458. The number of alkyl halides is 3. The maximum atomic E-state index is 12.7. The lowest BCUT2D eigenvalue weighted by molar-refractivity contribution is -0.385. The maximum Gasteiger partial charge on any atom is 0.573 e. The summed E-state index contributed by atoms with van der Waals surface area (Å²) in [4.78, 5) is 19.4. The summed E-state index contributed by atoms with van der Waals surface area (Å²) in [7, 11) is 1.81. The number of nitrogens with zero attached hydrogens (tertiary/aromatic N) is 5. The molecule has 11 nitrogen and oxygen atoms in total. The fourth-order valence-electron chi connectivity index (χ4n) is 4.70. The number of ether oxygens (including phenoxy) is 1. The van der Waals surface area contributed by atoms with Crippen molar-refractivity contribution in [3.8, 4) is 5.75 Å². The van der Waals surface area contributed by atoms with Crippen molar-refractivity contribution in [1.29, 1.82) is 0 Å². The van der Waals surface area contributed by atoms with E-state index in [2.05, 4.69) is 30.4 Å². The normalized spacial score (nSPS) is 17.7. The van der Waals surface area contributed by atoms with E-state index < -0.39 is 11.3 Å². The molecule has 1 fully saturated rings. The molecule has 2 aromatic heterocycles. The van der Waals surface area contributed by atoms with Gasteiger partial charge in [0.05, 0.1) is 15.6 Å². The van der Waals surface area contributed by atoms with Gasteiger partial charge in [-0.05, 0) is 44.1 Å². The minimum absolute atomic E-state index is 0.0162. The molecule has 0 atom stereocenters. The monoisotopic (exact) mass is 568 g/mol. The zero-order chi connectivity index (χ0) is 28.2. The standard InChI is InChI=1S/C24H28ClF3N8O3/c1-35-13-17(25)19(34-35)12-30-16-8-6-14(7-9-16)10-18-21(36(37)38)22(29)33-23(32-18)31-11-15-4-2-3-5-20(15)39-24(26,27)28/h2-5,13-14,16,30H,6-12H2,1H3,(H3,29,31,32,33). The van der Waals surface area contributed by atoms with Gasteiger partial charge in [0.2, 0.25) is 11.8 Å². The van der Waals surface area contributed by atoms with Crippen LogP contribution < -0.4 is 21.1 Å². The Bertz CT molecular complexity index is 1310. The first-order valence-electron chi connectivity index (χ1n) is 12.3. The topological polar surface area (TPSA) is 146 Å². The van der Waals surface area contributed by atoms with E-state index in [4.69, 9.17) is 17.3 Å². The van der Waals surface area contributed by atoms with Crippen molar-refractivity contribution in [2.75, 3.05) is 11.1 Å². The second-order valence-electron chi connectivity index (χ2n) is 9.39. The summed E-state index contributed by atoms with van der Waals surface area (Å²) in [5.74, 6) is -0.557. The van der Waals surface area contributed by atoms with Crippen molar-refractivity contribution in [2.24, 2.45) is 13.0 Å². The Morgan fingerprint density at radius 3 is 2.54 bits per heavy atom. The number of nitrogen functional groups attached to an aromatic ring is 1. The minimum Gasteiger partial charge on any atom is -0.405 e. The molecule has 1 aliphatic rings. The number of nitrogens with two attached hydrogens (primary N) is 1. The lowest BCUT2D eigenvalue weighted by Gasteiger charge is -2.29. The van der Waals surface area contributed by atoms with Crippen molar-refractivity contribution in [1.82, 2.24) is 25.1 Å². The summed E-state index contributed by atoms with van der Waals surface area (Å²) in [5.41, 5.74) is 6.72. The quantitative estimate of drug-likeness (QED) is 0.233. The number of anilines is 2. The number of hydrogen-bond acceptors (Lipinski definition) is 9. The van der Waals surface area contributed by atoms with Crippen molar-refractivity contribution in [3.63, 3.8) is 0 Å². The predicted octanol–water partition coefficient (Wildman–Crippen LogP) is 4.76. The number of aryl methyl sites for hydroxylation is 1. The number of nitrogens with one attached hydrogen (secondary N) is 2. The Labute approximate surface area is 227 Å². The van der Waals surface area contributed by atoms with Gasteiger partial charge in [-0.1, -0.05) is 29.8 Å². The van der Waals surface area contributed by atoms with Gasteiger partial charge in [0, 0.05) is 37.9 Å². The number of rotatable bonds is 10. The van der Waals surface area contributed by atoms with E-state index in [9.17, 15) is 23.3 Å². The number of aromatic nitrogens is 4. The number of para-hydroxylation sites is 1. The van der Waals surface area contributed by atoms with Gasteiger partial charge in [0.15, 0.2) is 0 Å². The molecule has 210 valence electrons. The highest BCUT2D eigenvalue weighted by Crippen LogP contribution is 2.33. The predicted molar refractivity (Wildman–Crippen MR) is 138 cm³/mol. The Balaban J connectivity index is 1.40. The lowest BCUT2D eigenvalue weighted by Crippen LogP contribution is -2.33. The van der Waals surface area contributed by atoms with Crippen LogP contribution in [0.3, 0.4) is 0 Å². The molecule has 0 unspecified atom stereocenters. The molecular formula is C24H28ClF3N8O3. The van der Waals surface area contributed by atoms with E-state index in [0.29, 0.717) is 18.0 Å². The summed E-state index contributed by atoms with van der Waals surface area (Å²) in [6.45, 7) is 0.440. The molecule has 0 radical (unpaired) electrons. The Hall–Kier alpha value is -3.65.